The molecule has 10 heteroatoms. The molecule has 2 aromatic carbocycles. The summed E-state index contributed by atoms with van der Waals surface area (Å²) in [6, 6.07) is 10.7. The number of hydrogen-bond acceptors (Lipinski definition) is 6. The van der Waals surface area contributed by atoms with E-state index in [0.29, 0.717) is 11.1 Å². The summed E-state index contributed by atoms with van der Waals surface area (Å²) < 4.78 is 11.9. The Hall–Kier alpha value is -4.60. The molecule has 0 saturated heterocycles. The predicted octanol–water partition coefficient (Wildman–Crippen LogP) is 4.23. The number of nitrogens with one attached hydrogen (secondary N) is 1. The van der Waals surface area contributed by atoms with Crippen molar-refractivity contribution >= 4 is 23.3 Å². The molecule has 0 fully saturated rings. The lowest BCUT2D eigenvalue weighted by Crippen LogP contribution is -2.20. The second-order valence-corrected chi connectivity index (χ2v) is 9.25. The van der Waals surface area contributed by atoms with E-state index in [9.17, 15) is 9.59 Å². The lowest BCUT2D eigenvalue weighted by molar-refractivity contribution is 0.0686. The van der Waals surface area contributed by atoms with Crippen LogP contribution >= 0.6 is 0 Å². The molecule has 6 rings (SSSR count). The molecule has 0 saturated carbocycles. The average Bonchev–Trinajstić information content (AvgIpc) is 3.75. The summed E-state index contributed by atoms with van der Waals surface area (Å²) in [7, 11) is 1.94. The van der Waals surface area contributed by atoms with Crippen LogP contribution in [0.3, 0.4) is 0 Å². The van der Waals surface area contributed by atoms with Crippen LogP contribution in [0.2, 0.25) is 0 Å². The molecule has 2 aromatic heterocycles. The van der Waals surface area contributed by atoms with Gasteiger partial charge in [-0.3, -0.25) is 0 Å². The molecule has 0 bridgehead atoms. The lowest BCUT2D eigenvalue weighted by atomic mass is 10.1. The molecule has 0 aliphatic carbocycles. The van der Waals surface area contributed by atoms with Gasteiger partial charge in [-0.15, -0.1) is 0 Å². The molecule has 2 aliphatic heterocycles. The van der Waals surface area contributed by atoms with Crippen molar-refractivity contribution in [2.24, 2.45) is 7.05 Å². The Bertz CT molecular complexity index is 1440. The quantitative estimate of drug-likeness (QED) is 0.345. The first kappa shape index (κ1) is 25.1. The number of fused-ring (bicyclic) bond motifs is 2. The van der Waals surface area contributed by atoms with E-state index in [0.717, 1.165) is 61.8 Å². The van der Waals surface area contributed by atoms with Gasteiger partial charge >= 0.3 is 11.9 Å². The maximum atomic E-state index is 11.0. The first-order chi connectivity index (χ1) is 18.9. The van der Waals surface area contributed by atoms with Gasteiger partial charge in [0.1, 0.15) is 0 Å². The number of H-pyrrole nitrogens is 1. The van der Waals surface area contributed by atoms with Crippen molar-refractivity contribution in [1.29, 1.82) is 0 Å². The molecule has 2 aliphatic rings. The van der Waals surface area contributed by atoms with Gasteiger partial charge in [0.05, 0.1) is 48.3 Å². The minimum absolute atomic E-state index is 0. The Balaban J connectivity index is 0.000000203. The highest BCUT2D eigenvalue weighted by molar-refractivity contribution is 5.90. The third-order valence-corrected chi connectivity index (χ3v) is 6.68. The van der Waals surface area contributed by atoms with E-state index < -0.39 is 11.9 Å². The van der Waals surface area contributed by atoms with Gasteiger partial charge in [0.25, 0.3) is 0 Å². The molecule has 0 amide bonds. The molecule has 0 unspecified atom stereocenters. The van der Waals surface area contributed by atoms with Crippen molar-refractivity contribution in [3.63, 3.8) is 0 Å². The second-order valence-electron chi connectivity index (χ2n) is 9.25. The summed E-state index contributed by atoms with van der Waals surface area (Å²) in [5.74, 6) is -1.77. The molecule has 0 spiro atoms. The first-order valence-electron chi connectivity index (χ1n) is 13.0. The van der Waals surface area contributed by atoms with Crippen LogP contribution in [-0.4, -0.2) is 54.8 Å². The summed E-state index contributed by atoms with van der Waals surface area (Å²) in [5, 5.41) is 18.1. The molecule has 4 aromatic rings. The minimum Gasteiger partial charge on any atom is -0.478 e. The number of carbonyl (C=O) groups is 2. The van der Waals surface area contributed by atoms with E-state index in [1.165, 1.54) is 11.1 Å². The maximum Gasteiger partial charge on any atom is 0.335 e. The highest BCUT2D eigenvalue weighted by Crippen LogP contribution is 2.31. The van der Waals surface area contributed by atoms with Crippen LogP contribution in [0, 0.1) is 0 Å². The first-order valence-corrected chi connectivity index (χ1v) is 12.0. The number of aromatic nitrogens is 4. The topological polar surface area (TPSA) is 128 Å². The summed E-state index contributed by atoms with van der Waals surface area (Å²) in [5.41, 5.74) is 7.16. The zero-order chi connectivity index (χ0) is 27.9. The van der Waals surface area contributed by atoms with E-state index in [1.54, 1.807) is 43.1 Å². The number of hydrogen-bond donors (Lipinski definition) is 3. The number of carboxylic acid groups (broad SMARTS) is 2. The summed E-state index contributed by atoms with van der Waals surface area (Å²) in [4.78, 5) is 37.8. The third kappa shape index (κ3) is 5.69. The fraction of sp³-hybridized carbons (Fsp3) is 0.286. The van der Waals surface area contributed by atoms with Crippen LogP contribution in [0.1, 0.15) is 53.6 Å². The Morgan fingerprint density at radius 3 is 2.03 bits per heavy atom. The molecule has 0 atom stereocenters. The number of aromatic amines is 1. The Morgan fingerprint density at radius 2 is 1.55 bits per heavy atom. The van der Waals surface area contributed by atoms with Crippen molar-refractivity contribution in [3.8, 4) is 0 Å². The van der Waals surface area contributed by atoms with Gasteiger partial charge in [-0.25, -0.2) is 19.6 Å². The van der Waals surface area contributed by atoms with Crippen molar-refractivity contribution < 1.29 is 22.8 Å². The number of aromatic carboxylic acids is 2. The number of benzene rings is 2. The zero-order valence-electron chi connectivity index (χ0n) is 22.5. The van der Waals surface area contributed by atoms with Gasteiger partial charge < -0.3 is 29.6 Å². The normalized spacial score (nSPS) is 13.5. The van der Waals surface area contributed by atoms with E-state index in [4.69, 9.17) is 13.2 Å². The van der Waals surface area contributed by atoms with Crippen LogP contribution < -0.4 is 9.80 Å². The monoisotopic (exact) mass is 520 g/mol. The Kier molecular flexibility index (Phi) is 7.39. The molecule has 0 radical (unpaired) electrons. The number of rotatable bonds is 6. The highest BCUT2D eigenvalue weighted by Gasteiger charge is 2.22. The molecule has 3 N–H and O–H groups in total. The van der Waals surface area contributed by atoms with E-state index in [2.05, 4.69) is 24.8 Å². The number of anilines is 2. The van der Waals surface area contributed by atoms with Crippen LogP contribution in [-0.2, 0) is 33.0 Å². The highest BCUT2D eigenvalue weighted by atomic mass is 16.4. The molecule has 4 heterocycles. The number of nitrogens with zero attached hydrogens (tertiary/aromatic N) is 5. The fourth-order valence-corrected chi connectivity index (χ4v) is 4.81. The maximum absolute atomic E-state index is 11.0. The SMILES string of the molecule is C.Cn1cnc(CN2CCc3ccc(C(=O)O)cc32)c1.O=C(O)c1ccc2c(c1)N(Cc1cnc[nH]1)CC2.[2H][2H]. The number of aryl methyl sites for hydroxylation is 1. The summed E-state index contributed by atoms with van der Waals surface area (Å²) >= 11 is 0. The van der Waals surface area contributed by atoms with Crippen LogP contribution in [0.15, 0.2) is 61.4 Å². The van der Waals surface area contributed by atoms with E-state index in [-0.39, 0.29) is 7.43 Å². The Labute approximate surface area is 224 Å². The smallest absolute Gasteiger partial charge is 0.335 e. The van der Waals surface area contributed by atoms with Crippen LogP contribution in [0.5, 0.6) is 0 Å². The standard InChI is InChI=1S/C14H15N3O2.C13H13N3O2.CH4.H2/c1-16-7-12(15-9-16)8-17-5-4-10-2-3-11(14(18)19)6-13(10)17;17-13(18)10-2-1-9-3-4-16(12(9)5-10)7-11-6-14-8-15-11;;/h2-3,6-7,9H,4-5,8H2,1H3,(H,18,19);1-2,5-6,8H,3-4,7H2,(H,14,15)(H,17,18);1H4;1H/i;;;1+1D. The Morgan fingerprint density at radius 1 is 0.974 bits per heavy atom. The predicted molar refractivity (Wildman–Crippen MR) is 147 cm³/mol. The number of carboxylic acids is 2. The van der Waals surface area contributed by atoms with Crippen LogP contribution in [0.25, 0.3) is 0 Å². The largest absolute Gasteiger partial charge is 0.478 e. The van der Waals surface area contributed by atoms with Crippen molar-refractivity contribution in [1.82, 2.24) is 19.5 Å². The van der Waals surface area contributed by atoms with E-state index in [1.807, 2.05) is 29.9 Å². The molecular formula is C28H34N6O4. The van der Waals surface area contributed by atoms with Gasteiger partial charge in [-0.1, -0.05) is 19.6 Å². The molecule has 38 heavy (non-hydrogen) atoms. The zero-order valence-corrected chi connectivity index (χ0v) is 20.5. The summed E-state index contributed by atoms with van der Waals surface area (Å²) in [6.07, 6.45) is 9.13. The summed E-state index contributed by atoms with van der Waals surface area (Å²) in [6.45, 7) is 3.28. The van der Waals surface area contributed by atoms with Crippen LogP contribution in [0.4, 0.5) is 11.4 Å². The average molecular weight is 521 g/mol. The van der Waals surface area contributed by atoms with Gasteiger partial charge in [0, 0.05) is 46.9 Å². The van der Waals surface area contributed by atoms with Gasteiger partial charge in [-0.2, -0.15) is 0 Å². The van der Waals surface area contributed by atoms with Crippen molar-refractivity contribution in [2.45, 2.75) is 33.4 Å². The molecule has 10 nitrogen and oxygen atoms in total. The fourth-order valence-electron chi connectivity index (χ4n) is 4.81. The lowest BCUT2D eigenvalue weighted by Gasteiger charge is -2.18. The second kappa shape index (κ2) is 11.2. The molecule has 200 valence electrons. The minimum atomic E-state index is -0.883. The molecular weight excluding hydrogens is 484 g/mol. The van der Waals surface area contributed by atoms with E-state index >= 15 is 0 Å². The van der Waals surface area contributed by atoms with Crippen molar-refractivity contribution in [3.05, 3.63) is 95.1 Å². The number of imidazole rings is 2. The van der Waals surface area contributed by atoms with Gasteiger partial charge in [-0.05, 0) is 48.2 Å². The van der Waals surface area contributed by atoms with Gasteiger partial charge in [0.15, 0.2) is 0 Å². The van der Waals surface area contributed by atoms with Crippen molar-refractivity contribution in [2.75, 3.05) is 22.9 Å². The third-order valence-electron chi connectivity index (χ3n) is 6.68. The van der Waals surface area contributed by atoms with Gasteiger partial charge in [0.2, 0.25) is 0 Å².